The zero-order valence-electron chi connectivity index (χ0n) is 21.4. The quantitative estimate of drug-likeness (QED) is 0.515. The summed E-state index contributed by atoms with van der Waals surface area (Å²) in [5, 5.41) is 7.32. The third-order valence-electron chi connectivity index (χ3n) is 6.86. The van der Waals surface area contributed by atoms with Crippen molar-refractivity contribution >= 4 is 5.69 Å². The van der Waals surface area contributed by atoms with Crippen LogP contribution in [0.25, 0.3) is 0 Å². The maximum Gasteiger partial charge on any atom is 0.0587 e. The van der Waals surface area contributed by atoms with Crippen LogP contribution in [0.3, 0.4) is 0 Å². The Morgan fingerprint density at radius 1 is 0.935 bits per heavy atom. The molecule has 3 heteroatoms. The summed E-state index contributed by atoms with van der Waals surface area (Å²) in [6.45, 7) is 21.5. The van der Waals surface area contributed by atoms with Crippen LogP contribution in [-0.2, 0) is 0 Å². The summed E-state index contributed by atoms with van der Waals surface area (Å²) in [4.78, 5) is 5.37. The second-order valence-corrected chi connectivity index (χ2v) is 11.1. The fourth-order valence-electron chi connectivity index (χ4n) is 6.02. The standard InChI is InChI=1S/C24H38N2.C2H3N.C2H6/c1-23(2)15-20(16-24(3,4)18-23)21-7-5-6-8-22(21)26-13-11-25(12-14-26)17-19-9-10-19;1-2-3;1-2/h5-8,19-20H,9-18H2,1-4H3;1H3;1-2H3. The summed E-state index contributed by atoms with van der Waals surface area (Å²) in [5.41, 5.74) is 4.03. The lowest BCUT2D eigenvalue weighted by molar-refractivity contribution is 0.0970. The van der Waals surface area contributed by atoms with Gasteiger partial charge in [-0.2, -0.15) is 5.26 Å². The Kier molecular flexibility index (Phi) is 9.44. The number of piperazine rings is 1. The smallest absolute Gasteiger partial charge is 0.0587 e. The number of para-hydroxylation sites is 1. The van der Waals surface area contributed by atoms with E-state index in [1.165, 1.54) is 77.4 Å². The van der Waals surface area contributed by atoms with Crippen LogP contribution in [0.5, 0.6) is 0 Å². The van der Waals surface area contributed by atoms with Crippen LogP contribution in [0.2, 0.25) is 0 Å². The van der Waals surface area contributed by atoms with E-state index in [9.17, 15) is 0 Å². The molecule has 31 heavy (non-hydrogen) atoms. The SMILES string of the molecule is CC.CC#N.CC1(C)CC(c2ccccc2N2CCN(CC3CC3)CC2)CC(C)(C)C1. The van der Waals surface area contributed by atoms with E-state index in [-0.39, 0.29) is 0 Å². The molecule has 174 valence electrons. The zero-order valence-corrected chi connectivity index (χ0v) is 21.4. The van der Waals surface area contributed by atoms with Crippen molar-refractivity contribution in [2.75, 3.05) is 37.6 Å². The number of benzene rings is 1. The summed E-state index contributed by atoms with van der Waals surface area (Å²) in [7, 11) is 0. The number of hydrogen-bond acceptors (Lipinski definition) is 3. The molecule has 2 saturated carbocycles. The lowest BCUT2D eigenvalue weighted by Crippen LogP contribution is -2.47. The van der Waals surface area contributed by atoms with E-state index >= 15 is 0 Å². The summed E-state index contributed by atoms with van der Waals surface area (Å²) in [6, 6.07) is 11.1. The highest BCUT2D eigenvalue weighted by Gasteiger charge is 2.40. The van der Waals surface area contributed by atoms with Crippen molar-refractivity contribution in [1.29, 1.82) is 5.26 Å². The monoisotopic (exact) mass is 425 g/mol. The van der Waals surface area contributed by atoms with Gasteiger partial charge in [-0.25, -0.2) is 0 Å². The van der Waals surface area contributed by atoms with Gasteiger partial charge in [0.15, 0.2) is 0 Å². The van der Waals surface area contributed by atoms with Crippen LogP contribution >= 0.6 is 0 Å². The summed E-state index contributed by atoms with van der Waals surface area (Å²) >= 11 is 0. The average molecular weight is 426 g/mol. The van der Waals surface area contributed by atoms with E-state index in [1.807, 2.05) is 13.8 Å². The molecule has 0 N–H and O–H groups in total. The minimum Gasteiger partial charge on any atom is -0.369 e. The fraction of sp³-hybridized carbons (Fsp3) is 0.750. The van der Waals surface area contributed by atoms with Gasteiger partial charge in [-0.05, 0) is 66.4 Å². The van der Waals surface area contributed by atoms with E-state index in [0.717, 1.165) is 5.92 Å². The number of hydrogen-bond donors (Lipinski definition) is 0. The molecule has 0 radical (unpaired) electrons. The Morgan fingerprint density at radius 3 is 1.97 bits per heavy atom. The van der Waals surface area contributed by atoms with Gasteiger partial charge in [0.25, 0.3) is 0 Å². The number of nitrogens with zero attached hydrogens (tertiary/aromatic N) is 3. The molecular weight excluding hydrogens is 378 g/mol. The first-order valence-corrected chi connectivity index (χ1v) is 12.6. The van der Waals surface area contributed by atoms with E-state index in [1.54, 1.807) is 11.6 Å². The van der Waals surface area contributed by atoms with Gasteiger partial charge in [0.2, 0.25) is 0 Å². The van der Waals surface area contributed by atoms with Crippen molar-refractivity contribution < 1.29 is 0 Å². The lowest BCUT2D eigenvalue weighted by atomic mass is 9.60. The molecule has 0 bridgehead atoms. The van der Waals surface area contributed by atoms with Gasteiger partial charge in [0, 0.05) is 45.3 Å². The minimum atomic E-state index is 0.447. The molecule has 4 rings (SSSR count). The summed E-state index contributed by atoms with van der Waals surface area (Å²) in [6.07, 6.45) is 6.94. The largest absolute Gasteiger partial charge is 0.369 e. The molecule has 3 nitrogen and oxygen atoms in total. The van der Waals surface area contributed by atoms with Crippen LogP contribution in [0.1, 0.15) is 92.1 Å². The van der Waals surface area contributed by atoms with Crippen LogP contribution < -0.4 is 4.90 Å². The molecule has 0 aromatic heterocycles. The van der Waals surface area contributed by atoms with E-state index in [2.05, 4.69) is 61.8 Å². The van der Waals surface area contributed by atoms with E-state index in [4.69, 9.17) is 5.26 Å². The van der Waals surface area contributed by atoms with Crippen molar-refractivity contribution in [2.45, 2.75) is 86.5 Å². The molecule has 0 spiro atoms. The normalized spacial score (nSPS) is 23.0. The molecule has 1 heterocycles. The molecule has 1 aromatic carbocycles. The Labute approximate surface area is 192 Å². The second kappa shape index (κ2) is 11.4. The Morgan fingerprint density at radius 2 is 1.45 bits per heavy atom. The first-order valence-electron chi connectivity index (χ1n) is 12.6. The number of nitriles is 1. The second-order valence-electron chi connectivity index (χ2n) is 11.1. The third kappa shape index (κ3) is 7.83. The van der Waals surface area contributed by atoms with Gasteiger partial charge in [0.1, 0.15) is 0 Å². The van der Waals surface area contributed by atoms with Gasteiger partial charge in [-0.15, -0.1) is 0 Å². The van der Waals surface area contributed by atoms with Gasteiger partial charge in [-0.3, -0.25) is 4.90 Å². The summed E-state index contributed by atoms with van der Waals surface area (Å²) < 4.78 is 0. The highest BCUT2D eigenvalue weighted by atomic mass is 15.3. The Bertz CT molecular complexity index is 687. The van der Waals surface area contributed by atoms with Gasteiger partial charge < -0.3 is 4.90 Å². The van der Waals surface area contributed by atoms with Crippen LogP contribution in [0, 0.1) is 28.1 Å². The predicted molar refractivity (Wildman–Crippen MR) is 135 cm³/mol. The molecule has 1 saturated heterocycles. The number of rotatable bonds is 4. The van der Waals surface area contributed by atoms with Crippen molar-refractivity contribution in [3.05, 3.63) is 29.8 Å². The first kappa shape index (κ1) is 25.7. The van der Waals surface area contributed by atoms with Crippen LogP contribution in [0.4, 0.5) is 5.69 Å². The van der Waals surface area contributed by atoms with Gasteiger partial charge in [-0.1, -0.05) is 59.7 Å². The lowest BCUT2D eigenvalue weighted by Gasteiger charge is -2.46. The number of anilines is 1. The maximum absolute atomic E-state index is 7.32. The third-order valence-corrected chi connectivity index (χ3v) is 6.86. The topological polar surface area (TPSA) is 30.3 Å². The molecule has 1 aromatic rings. The maximum atomic E-state index is 7.32. The molecule has 3 aliphatic rings. The van der Waals surface area contributed by atoms with E-state index in [0.29, 0.717) is 16.7 Å². The highest BCUT2D eigenvalue weighted by Crippen LogP contribution is 2.53. The van der Waals surface area contributed by atoms with Crippen molar-refractivity contribution in [3.63, 3.8) is 0 Å². The van der Waals surface area contributed by atoms with Crippen molar-refractivity contribution in [1.82, 2.24) is 4.90 Å². The van der Waals surface area contributed by atoms with Gasteiger partial charge >= 0.3 is 0 Å². The van der Waals surface area contributed by atoms with E-state index < -0.39 is 0 Å². The zero-order chi connectivity index (χ0) is 23.1. The molecule has 3 fully saturated rings. The van der Waals surface area contributed by atoms with Crippen molar-refractivity contribution in [3.8, 4) is 6.07 Å². The predicted octanol–water partition coefficient (Wildman–Crippen LogP) is 7.09. The van der Waals surface area contributed by atoms with Gasteiger partial charge in [0.05, 0.1) is 6.07 Å². The van der Waals surface area contributed by atoms with Crippen LogP contribution in [-0.4, -0.2) is 37.6 Å². The average Bonchev–Trinajstić information content (AvgIpc) is 3.52. The van der Waals surface area contributed by atoms with Crippen LogP contribution in [0.15, 0.2) is 24.3 Å². The highest BCUT2D eigenvalue weighted by molar-refractivity contribution is 5.56. The Balaban J connectivity index is 0.000000630. The molecular formula is C28H47N3. The Hall–Kier alpha value is -1.53. The molecule has 0 amide bonds. The molecule has 0 atom stereocenters. The summed E-state index contributed by atoms with van der Waals surface area (Å²) in [5.74, 6) is 1.72. The minimum absolute atomic E-state index is 0.447. The molecule has 1 aliphatic heterocycles. The molecule has 2 aliphatic carbocycles. The fourth-order valence-corrected chi connectivity index (χ4v) is 6.02. The molecule has 0 unspecified atom stereocenters. The van der Waals surface area contributed by atoms with Crippen molar-refractivity contribution in [2.24, 2.45) is 16.7 Å². The first-order chi connectivity index (χ1) is 14.7.